The topological polar surface area (TPSA) is 253 Å². The van der Waals surface area contributed by atoms with Crippen molar-refractivity contribution in [2.75, 3.05) is 26.4 Å². The Balaban J connectivity index is 2.61. The number of carbonyl (C=O) groups excluding carboxylic acids is 3. The highest BCUT2D eigenvalue weighted by Gasteiger charge is 2.39. The Labute approximate surface area is 351 Å². The zero-order valence-electron chi connectivity index (χ0n) is 35.5. The molecule has 0 aliphatic heterocycles. The Kier molecular flexibility index (Phi) is 29.9. The molecule has 344 valence electrons. The number of carbonyl (C=O) groups is 3. The summed E-state index contributed by atoms with van der Waals surface area (Å²) < 4.78 is 47.7. The summed E-state index contributed by atoms with van der Waals surface area (Å²) in [6, 6.07) is 0. The van der Waals surface area contributed by atoms with Crippen LogP contribution < -0.4 is 0 Å². The molecule has 16 nitrogen and oxygen atoms in total. The first-order valence-electron chi connectivity index (χ1n) is 21.5. The van der Waals surface area contributed by atoms with Crippen molar-refractivity contribution in [2.24, 2.45) is 17.8 Å². The predicted molar refractivity (Wildman–Crippen MR) is 222 cm³/mol. The van der Waals surface area contributed by atoms with E-state index in [-0.39, 0.29) is 25.0 Å². The average Bonchev–Trinajstić information content (AvgIpc) is 3.43. The minimum atomic E-state index is -4.90. The second kappa shape index (κ2) is 32.0. The van der Waals surface area contributed by atoms with Gasteiger partial charge in [-0.05, 0) is 38.0 Å². The molecule has 0 aromatic heterocycles. The highest BCUT2D eigenvalue weighted by molar-refractivity contribution is 7.47. The van der Waals surface area contributed by atoms with Gasteiger partial charge < -0.3 is 39.5 Å². The summed E-state index contributed by atoms with van der Waals surface area (Å²) in [5, 5.41) is 30.4. The molecule has 1 saturated carbocycles. The maximum Gasteiger partial charge on any atom is 0.472 e. The van der Waals surface area contributed by atoms with Crippen LogP contribution in [-0.2, 0) is 46.6 Å². The third-order valence-electron chi connectivity index (χ3n) is 9.88. The fraction of sp³-hybridized carbons (Fsp3) is 0.829. The number of esters is 2. The number of rotatable bonds is 36. The van der Waals surface area contributed by atoms with Crippen molar-refractivity contribution < 1.29 is 76.6 Å². The van der Waals surface area contributed by atoms with E-state index in [1.54, 1.807) is 12.2 Å². The van der Waals surface area contributed by atoms with Crippen LogP contribution in [0.25, 0.3) is 0 Å². The van der Waals surface area contributed by atoms with Crippen molar-refractivity contribution in [3.05, 3.63) is 24.3 Å². The van der Waals surface area contributed by atoms with Crippen molar-refractivity contribution in [1.29, 1.82) is 0 Å². The van der Waals surface area contributed by atoms with E-state index in [0.717, 1.165) is 50.9 Å². The van der Waals surface area contributed by atoms with Crippen LogP contribution in [-0.4, -0.2) is 98.6 Å². The van der Waals surface area contributed by atoms with Crippen molar-refractivity contribution in [2.45, 2.75) is 174 Å². The van der Waals surface area contributed by atoms with Gasteiger partial charge in [0.05, 0.1) is 32.0 Å². The third-order valence-corrected chi connectivity index (χ3v) is 11.3. The molecule has 59 heavy (non-hydrogen) atoms. The molecule has 18 heteroatoms. The van der Waals surface area contributed by atoms with E-state index in [4.69, 9.17) is 23.8 Å². The van der Waals surface area contributed by atoms with Crippen LogP contribution in [0.3, 0.4) is 0 Å². The molecule has 0 aromatic rings. The van der Waals surface area contributed by atoms with E-state index in [2.05, 4.69) is 29.8 Å². The average molecular weight is 885 g/mol. The zero-order valence-corrected chi connectivity index (χ0v) is 37.3. The molecule has 0 aromatic carbocycles. The van der Waals surface area contributed by atoms with Crippen LogP contribution in [0.2, 0.25) is 0 Å². The molecular formula is C41H74O16P2. The lowest BCUT2D eigenvalue weighted by atomic mass is 9.90. The summed E-state index contributed by atoms with van der Waals surface area (Å²) in [6.45, 7) is 3.60. The van der Waals surface area contributed by atoms with Gasteiger partial charge in [0.25, 0.3) is 0 Å². The van der Waals surface area contributed by atoms with Gasteiger partial charge in [-0.2, -0.15) is 0 Å². The van der Waals surface area contributed by atoms with Crippen LogP contribution >= 0.6 is 15.6 Å². The molecule has 0 heterocycles. The number of phosphoric acid groups is 2. The van der Waals surface area contributed by atoms with E-state index < -0.39 is 90.3 Å². The first-order valence-corrected chi connectivity index (χ1v) is 24.5. The molecule has 0 spiro atoms. The van der Waals surface area contributed by atoms with Gasteiger partial charge in [-0.3, -0.25) is 28.0 Å². The molecule has 0 saturated heterocycles. The largest absolute Gasteiger partial charge is 0.472 e. The Hall–Kier alpha value is -1.81. The number of allylic oxidation sites excluding steroid dienone is 2. The summed E-state index contributed by atoms with van der Waals surface area (Å²) in [7, 11) is -9.77. The summed E-state index contributed by atoms with van der Waals surface area (Å²) in [6.07, 6.45) is 18.5. The van der Waals surface area contributed by atoms with Crippen molar-refractivity contribution in [1.82, 2.24) is 0 Å². The molecule has 1 aliphatic rings. The molecule has 1 rings (SSSR count). The molecule has 0 radical (unpaired) electrons. The fourth-order valence-electron chi connectivity index (χ4n) is 6.51. The van der Waals surface area contributed by atoms with Crippen molar-refractivity contribution in [3.8, 4) is 0 Å². The lowest BCUT2D eigenvalue weighted by Gasteiger charge is -2.20. The van der Waals surface area contributed by atoms with Crippen molar-refractivity contribution >= 4 is 33.4 Å². The number of Topliss-reactive ketones (excluding diaryl/α,β-unsaturated/α-hetero) is 1. The molecule has 7 atom stereocenters. The van der Waals surface area contributed by atoms with Gasteiger partial charge in [0.1, 0.15) is 18.5 Å². The van der Waals surface area contributed by atoms with Crippen LogP contribution in [0.15, 0.2) is 24.3 Å². The molecular weight excluding hydrogens is 810 g/mol. The normalized spacial score (nSPS) is 20.0. The van der Waals surface area contributed by atoms with E-state index in [9.17, 15) is 43.7 Å². The SMILES string of the molecule is CCCCC[C@H](O)/C=C/[C@H]1[C@H](O)CC(=O)[C@@H]1C/C=C\CCCC(=O)O[C@H](COC(=O)CCCCCCCCCCCC(C)C)COP(=O)(O)OC[C@@H](O)COP(=O)(O)O. The number of ether oxygens (including phenoxy) is 2. The quantitative estimate of drug-likeness (QED) is 0.0158. The van der Waals surface area contributed by atoms with Crippen LogP contribution in [0.4, 0.5) is 0 Å². The summed E-state index contributed by atoms with van der Waals surface area (Å²) in [4.78, 5) is 65.4. The van der Waals surface area contributed by atoms with Gasteiger partial charge in [-0.1, -0.05) is 122 Å². The number of aliphatic hydroxyl groups excluding tert-OH is 3. The van der Waals surface area contributed by atoms with Gasteiger partial charge in [-0.25, -0.2) is 9.13 Å². The number of hydrogen-bond acceptors (Lipinski definition) is 13. The second-order valence-corrected chi connectivity index (χ2v) is 18.6. The summed E-state index contributed by atoms with van der Waals surface area (Å²) in [5.41, 5.74) is 0. The number of unbranched alkanes of at least 4 members (excludes halogenated alkanes) is 11. The van der Waals surface area contributed by atoms with E-state index in [1.165, 1.54) is 32.1 Å². The fourth-order valence-corrected chi connectivity index (χ4v) is 7.67. The van der Waals surface area contributed by atoms with E-state index in [0.29, 0.717) is 32.1 Å². The smallest absolute Gasteiger partial charge is 0.462 e. The minimum Gasteiger partial charge on any atom is -0.462 e. The highest BCUT2D eigenvalue weighted by atomic mass is 31.2. The second-order valence-electron chi connectivity index (χ2n) is 15.9. The van der Waals surface area contributed by atoms with Crippen LogP contribution in [0.1, 0.15) is 149 Å². The van der Waals surface area contributed by atoms with Crippen molar-refractivity contribution in [3.63, 3.8) is 0 Å². The number of aliphatic hydroxyl groups is 3. The molecule has 6 N–H and O–H groups in total. The Bertz CT molecular complexity index is 1320. The molecule has 1 aliphatic carbocycles. The predicted octanol–water partition coefficient (Wildman–Crippen LogP) is 7.17. The number of ketones is 1. The zero-order chi connectivity index (χ0) is 44.1. The molecule has 0 bridgehead atoms. The maximum absolute atomic E-state index is 12.7. The Morgan fingerprint density at radius 3 is 2.00 bits per heavy atom. The van der Waals surface area contributed by atoms with Gasteiger partial charge in [0.15, 0.2) is 6.10 Å². The van der Waals surface area contributed by atoms with E-state index in [1.807, 2.05) is 12.2 Å². The minimum absolute atomic E-state index is 0.0497. The molecule has 0 amide bonds. The van der Waals surface area contributed by atoms with Gasteiger partial charge in [-0.15, -0.1) is 0 Å². The molecule has 1 fully saturated rings. The van der Waals surface area contributed by atoms with Crippen LogP contribution in [0, 0.1) is 17.8 Å². The monoisotopic (exact) mass is 884 g/mol. The molecule has 1 unspecified atom stereocenters. The standard InChI is InChI=1S/C41H74O16P2/c1-4-5-15-21-33(42)25-26-37-36(38(44)27-39(37)45)22-17-13-14-19-24-41(47)57-35(31-56-59(51,52)55-29-34(43)28-54-58(48,49)50)30-53-40(46)23-18-12-10-8-6-7-9-11-16-20-32(2)3/h13,17,25-26,32-37,39,42-43,45H,4-12,14-16,18-24,27-31H2,1-3H3,(H,51,52)(H2,48,49,50)/b17-13-,26-25+/t33-,34-,35+,36+,37+,39+/m0/s1. The summed E-state index contributed by atoms with van der Waals surface area (Å²) in [5.74, 6) is -1.36. The number of phosphoric ester groups is 2. The van der Waals surface area contributed by atoms with E-state index >= 15 is 0 Å². The van der Waals surface area contributed by atoms with Gasteiger partial charge in [0.2, 0.25) is 0 Å². The first kappa shape index (κ1) is 55.2. The van der Waals surface area contributed by atoms with Gasteiger partial charge >= 0.3 is 27.6 Å². The maximum atomic E-state index is 12.7. The highest BCUT2D eigenvalue weighted by Crippen LogP contribution is 2.44. The number of hydrogen-bond donors (Lipinski definition) is 6. The third kappa shape index (κ3) is 30.0. The van der Waals surface area contributed by atoms with Gasteiger partial charge in [0, 0.05) is 31.1 Å². The summed E-state index contributed by atoms with van der Waals surface area (Å²) >= 11 is 0. The first-order chi connectivity index (χ1) is 27.9. The lowest BCUT2D eigenvalue weighted by Crippen LogP contribution is -2.29. The Morgan fingerprint density at radius 1 is 0.763 bits per heavy atom. The Morgan fingerprint density at radius 2 is 1.36 bits per heavy atom. The lowest BCUT2D eigenvalue weighted by molar-refractivity contribution is -0.161. The van der Waals surface area contributed by atoms with Crippen LogP contribution in [0.5, 0.6) is 0 Å².